The number of ether oxygens (including phenoxy) is 4. The number of aliphatic hydroxyl groups excluding tert-OH is 1. The van der Waals surface area contributed by atoms with E-state index >= 15 is 0 Å². The highest BCUT2D eigenvalue weighted by atomic mass is 31.2. The molecule has 0 rings (SSSR count). The molecule has 0 heterocycles. The molecule has 3 unspecified atom stereocenters. The molecule has 0 spiro atoms. The molecule has 462 valence electrons. The first-order valence-corrected chi connectivity index (χ1v) is 33.7. The quantitative estimate of drug-likeness (QED) is 0.0222. The van der Waals surface area contributed by atoms with Crippen LogP contribution in [0.3, 0.4) is 0 Å². The average molecular weight is 1160 g/mol. The summed E-state index contributed by atoms with van der Waals surface area (Å²) in [4.78, 5) is 71.9. The Morgan fingerprint density at radius 2 is 0.615 bits per heavy atom. The molecule has 0 aliphatic carbocycles. The maximum atomic E-state index is 12.9. The van der Waals surface area contributed by atoms with Gasteiger partial charge in [0.15, 0.2) is 12.2 Å². The van der Waals surface area contributed by atoms with E-state index in [2.05, 4.69) is 55.4 Å². The first kappa shape index (κ1) is 76.1. The van der Waals surface area contributed by atoms with E-state index in [-0.39, 0.29) is 25.7 Å². The molecule has 0 saturated heterocycles. The predicted octanol–water partition coefficient (Wildman–Crippen LogP) is 15.4. The fourth-order valence-electron chi connectivity index (χ4n) is 8.51. The van der Waals surface area contributed by atoms with Gasteiger partial charge in [-0.3, -0.25) is 37.3 Å². The van der Waals surface area contributed by atoms with Crippen LogP contribution in [-0.2, 0) is 65.4 Å². The second-order valence-electron chi connectivity index (χ2n) is 23.1. The Morgan fingerprint density at radius 1 is 0.359 bits per heavy atom. The molecular formula is C59H114O17P2. The lowest BCUT2D eigenvalue weighted by Crippen LogP contribution is -2.30. The smallest absolute Gasteiger partial charge is 0.462 e. The third-order valence-corrected chi connectivity index (χ3v) is 15.6. The van der Waals surface area contributed by atoms with E-state index in [1.807, 2.05) is 0 Å². The number of phosphoric acid groups is 2. The Hall–Kier alpha value is -1.94. The zero-order valence-electron chi connectivity index (χ0n) is 50.3. The third-order valence-electron chi connectivity index (χ3n) is 13.7. The van der Waals surface area contributed by atoms with Crippen molar-refractivity contribution in [1.82, 2.24) is 0 Å². The van der Waals surface area contributed by atoms with Crippen molar-refractivity contribution in [3.8, 4) is 0 Å². The molecule has 0 aliphatic rings. The van der Waals surface area contributed by atoms with E-state index in [1.165, 1.54) is 64.2 Å². The molecule has 17 nitrogen and oxygen atoms in total. The summed E-state index contributed by atoms with van der Waals surface area (Å²) >= 11 is 0. The second kappa shape index (κ2) is 49.7. The summed E-state index contributed by atoms with van der Waals surface area (Å²) in [6.07, 6.45) is 27.1. The summed E-state index contributed by atoms with van der Waals surface area (Å²) in [5.74, 6) is 0.620. The standard InChI is InChI=1S/C59H114O17P2/c1-9-52(8)38-30-22-15-18-24-32-40-57(62)70-46-55(76-59(64)42-34-26-17-14-21-29-37-51(6)7)48-74-78(67,68)72-44-53(60)43-71-77(65,66)73-47-54(75-58(63)41-33-25-16-13-20-28-36-50(4)5)45-69-56(61)39-31-23-12-10-11-19-27-35-49(2)3/h49-55,60H,9-48H2,1-8H3,(H,65,66)(H,67,68)/t52?,53-,54-,55-/m1/s1. The number of aliphatic hydroxyl groups is 1. The Labute approximate surface area is 473 Å². The van der Waals surface area contributed by atoms with Crippen LogP contribution < -0.4 is 0 Å². The second-order valence-corrected chi connectivity index (χ2v) is 26.0. The van der Waals surface area contributed by atoms with Crippen molar-refractivity contribution in [3.63, 3.8) is 0 Å². The van der Waals surface area contributed by atoms with Crippen molar-refractivity contribution in [2.45, 2.75) is 292 Å². The van der Waals surface area contributed by atoms with Gasteiger partial charge in [0.2, 0.25) is 0 Å². The van der Waals surface area contributed by atoms with Gasteiger partial charge >= 0.3 is 39.5 Å². The summed E-state index contributed by atoms with van der Waals surface area (Å²) in [6, 6.07) is 0. The van der Waals surface area contributed by atoms with Crippen molar-refractivity contribution in [2.24, 2.45) is 23.7 Å². The number of phosphoric ester groups is 2. The van der Waals surface area contributed by atoms with E-state index in [1.54, 1.807) is 0 Å². The largest absolute Gasteiger partial charge is 0.472 e. The average Bonchev–Trinajstić information content (AvgIpc) is 3.38. The van der Waals surface area contributed by atoms with E-state index in [9.17, 15) is 43.2 Å². The summed E-state index contributed by atoms with van der Waals surface area (Å²) in [7, 11) is -9.88. The molecule has 0 fully saturated rings. The molecule has 0 aromatic heterocycles. The molecule has 0 saturated carbocycles. The van der Waals surface area contributed by atoms with Gasteiger partial charge in [0.1, 0.15) is 19.3 Å². The molecule has 0 aromatic rings. The van der Waals surface area contributed by atoms with E-state index in [4.69, 9.17) is 37.0 Å². The molecule has 19 heteroatoms. The monoisotopic (exact) mass is 1160 g/mol. The maximum absolute atomic E-state index is 12.9. The Morgan fingerprint density at radius 3 is 0.910 bits per heavy atom. The van der Waals surface area contributed by atoms with Gasteiger partial charge in [0, 0.05) is 25.7 Å². The topological polar surface area (TPSA) is 237 Å². The third kappa shape index (κ3) is 52.2. The van der Waals surface area contributed by atoms with Crippen molar-refractivity contribution in [2.75, 3.05) is 39.6 Å². The van der Waals surface area contributed by atoms with E-state index in [0.717, 1.165) is 109 Å². The van der Waals surface area contributed by atoms with Crippen LogP contribution in [0.25, 0.3) is 0 Å². The van der Waals surface area contributed by atoms with Crippen LogP contribution in [0.5, 0.6) is 0 Å². The summed E-state index contributed by atoms with van der Waals surface area (Å²) in [6.45, 7) is 13.8. The zero-order chi connectivity index (χ0) is 58.3. The Kier molecular flexibility index (Phi) is 48.4. The number of hydrogen-bond acceptors (Lipinski definition) is 15. The van der Waals surface area contributed by atoms with Gasteiger partial charge < -0.3 is 33.8 Å². The van der Waals surface area contributed by atoms with Gasteiger partial charge in [-0.25, -0.2) is 9.13 Å². The summed E-state index contributed by atoms with van der Waals surface area (Å²) < 4.78 is 67.7. The first-order chi connectivity index (χ1) is 37.1. The van der Waals surface area contributed by atoms with Crippen LogP contribution in [0.1, 0.15) is 274 Å². The zero-order valence-corrected chi connectivity index (χ0v) is 52.1. The van der Waals surface area contributed by atoms with Crippen LogP contribution in [0.2, 0.25) is 0 Å². The minimum atomic E-state index is -4.94. The number of unbranched alkanes of at least 4 members (excludes halogenated alkanes) is 21. The predicted molar refractivity (Wildman–Crippen MR) is 307 cm³/mol. The van der Waals surface area contributed by atoms with Gasteiger partial charge in [-0.2, -0.15) is 0 Å². The summed E-state index contributed by atoms with van der Waals surface area (Å²) in [5.41, 5.74) is 0. The summed E-state index contributed by atoms with van der Waals surface area (Å²) in [5, 5.41) is 10.5. The van der Waals surface area contributed by atoms with Gasteiger partial charge in [-0.05, 0) is 49.4 Å². The van der Waals surface area contributed by atoms with Crippen LogP contribution in [0.4, 0.5) is 0 Å². The molecular weight excluding hydrogens is 1040 g/mol. The normalized spacial score (nSPS) is 14.9. The van der Waals surface area contributed by atoms with Gasteiger partial charge in [-0.15, -0.1) is 0 Å². The Bertz CT molecular complexity index is 1580. The molecule has 3 N–H and O–H groups in total. The number of hydrogen-bond donors (Lipinski definition) is 3. The van der Waals surface area contributed by atoms with Crippen LogP contribution in [-0.4, -0.2) is 96.7 Å². The molecule has 0 amide bonds. The van der Waals surface area contributed by atoms with E-state index < -0.39 is 97.5 Å². The van der Waals surface area contributed by atoms with Crippen LogP contribution in [0, 0.1) is 23.7 Å². The SMILES string of the molecule is CCC(C)CCCCCCCCC(=O)OC[C@H](COP(=O)(O)OC[C@H](O)COP(=O)(O)OC[C@@H](COC(=O)CCCCCCCCCC(C)C)OC(=O)CCCCCCCCC(C)C)OC(=O)CCCCCCCCC(C)C. The molecule has 0 radical (unpaired) electrons. The molecule has 0 aromatic carbocycles. The fraction of sp³-hybridized carbons (Fsp3) is 0.932. The van der Waals surface area contributed by atoms with E-state index in [0.29, 0.717) is 43.4 Å². The number of rotatable bonds is 56. The minimum absolute atomic E-state index is 0.100. The highest BCUT2D eigenvalue weighted by Crippen LogP contribution is 2.45. The highest BCUT2D eigenvalue weighted by molar-refractivity contribution is 7.47. The minimum Gasteiger partial charge on any atom is -0.462 e. The lowest BCUT2D eigenvalue weighted by Gasteiger charge is -2.21. The number of carbonyl (C=O) groups is 4. The fourth-order valence-corrected chi connectivity index (χ4v) is 10.1. The lowest BCUT2D eigenvalue weighted by atomic mass is 10.00. The van der Waals surface area contributed by atoms with Gasteiger partial charge in [-0.1, -0.05) is 222 Å². The maximum Gasteiger partial charge on any atom is 0.472 e. The number of esters is 4. The highest BCUT2D eigenvalue weighted by Gasteiger charge is 2.30. The van der Waals surface area contributed by atoms with Crippen molar-refractivity contribution in [1.29, 1.82) is 0 Å². The van der Waals surface area contributed by atoms with Crippen molar-refractivity contribution in [3.05, 3.63) is 0 Å². The molecule has 78 heavy (non-hydrogen) atoms. The Balaban J connectivity index is 5.24. The van der Waals surface area contributed by atoms with Crippen molar-refractivity contribution < 1.29 is 80.2 Å². The lowest BCUT2D eigenvalue weighted by molar-refractivity contribution is -0.161. The molecule has 0 aliphatic heterocycles. The number of carbonyl (C=O) groups excluding carboxylic acids is 4. The van der Waals surface area contributed by atoms with Crippen LogP contribution in [0.15, 0.2) is 0 Å². The van der Waals surface area contributed by atoms with Gasteiger partial charge in [0.05, 0.1) is 26.4 Å². The van der Waals surface area contributed by atoms with Crippen molar-refractivity contribution >= 4 is 39.5 Å². The molecule has 0 bridgehead atoms. The molecule has 6 atom stereocenters. The van der Waals surface area contributed by atoms with Crippen LogP contribution >= 0.6 is 15.6 Å². The van der Waals surface area contributed by atoms with Gasteiger partial charge in [0.25, 0.3) is 0 Å². The first-order valence-electron chi connectivity index (χ1n) is 30.7.